The highest BCUT2D eigenvalue weighted by atomic mass is 15.0. The van der Waals surface area contributed by atoms with Gasteiger partial charge in [0.05, 0.1) is 5.52 Å². The van der Waals surface area contributed by atoms with Crippen molar-refractivity contribution in [2.24, 2.45) is 0 Å². The van der Waals surface area contributed by atoms with E-state index in [2.05, 4.69) is 31.1 Å². The van der Waals surface area contributed by atoms with E-state index in [0.717, 1.165) is 35.1 Å². The molecule has 1 aromatic heterocycles. The number of rotatable bonds is 4. The van der Waals surface area contributed by atoms with Gasteiger partial charge in [-0.15, -0.1) is 0 Å². The molecule has 0 amide bonds. The lowest BCUT2D eigenvalue weighted by atomic mass is 9.95. The van der Waals surface area contributed by atoms with Gasteiger partial charge >= 0.3 is 0 Å². The smallest absolute Gasteiger partial charge is 0.0743 e. The van der Waals surface area contributed by atoms with E-state index < -0.39 is 0 Å². The van der Waals surface area contributed by atoms with Gasteiger partial charge in [-0.1, -0.05) is 13.8 Å². The maximum absolute atomic E-state index is 5.79. The predicted octanol–water partition coefficient (Wildman–Crippen LogP) is 3.81. The number of fused-ring (bicyclic) bond motifs is 1. The van der Waals surface area contributed by atoms with E-state index in [1.54, 1.807) is 0 Å². The Labute approximate surface area is 108 Å². The number of hydrogen-bond acceptors (Lipinski definition) is 3. The molecule has 0 aliphatic rings. The first kappa shape index (κ1) is 12.7. The number of nitrogens with zero attached hydrogens (tertiary/aromatic N) is 1. The molecule has 2 aromatic rings. The van der Waals surface area contributed by atoms with Crippen LogP contribution in [0.5, 0.6) is 0 Å². The van der Waals surface area contributed by atoms with Crippen molar-refractivity contribution in [3.05, 3.63) is 30.5 Å². The SMILES string of the molecule is CCC(C)(CC)Nc1ccnc2cc(N)ccc12. The first-order valence-electron chi connectivity index (χ1n) is 6.50. The molecule has 2 rings (SSSR count). The largest absolute Gasteiger partial charge is 0.399 e. The summed E-state index contributed by atoms with van der Waals surface area (Å²) >= 11 is 0. The fraction of sp³-hybridized carbons (Fsp3) is 0.400. The molecule has 0 aliphatic carbocycles. The molecule has 1 heterocycles. The summed E-state index contributed by atoms with van der Waals surface area (Å²) in [4.78, 5) is 4.36. The average molecular weight is 243 g/mol. The minimum absolute atomic E-state index is 0.121. The number of pyridine rings is 1. The summed E-state index contributed by atoms with van der Waals surface area (Å²) < 4.78 is 0. The molecule has 0 saturated heterocycles. The zero-order chi connectivity index (χ0) is 13.2. The summed E-state index contributed by atoms with van der Waals surface area (Å²) in [7, 11) is 0. The summed E-state index contributed by atoms with van der Waals surface area (Å²) in [5.41, 5.74) is 8.73. The van der Waals surface area contributed by atoms with Gasteiger partial charge in [-0.2, -0.15) is 0 Å². The van der Waals surface area contributed by atoms with Gasteiger partial charge in [0.1, 0.15) is 0 Å². The third kappa shape index (κ3) is 2.40. The van der Waals surface area contributed by atoms with Gasteiger partial charge in [0.25, 0.3) is 0 Å². The number of aromatic nitrogens is 1. The maximum atomic E-state index is 5.79. The molecule has 0 fully saturated rings. The number of benzene rings is 1. The molecule has 3 N–H and O–H groups in total. The van der Waals surface area contributed by atoms with Gasteiger partial charge in [0.2, 0.25) is 0 Å². The van der Waals surface area contributed by atoms with Crippen molar-refractivity contribution in [3.63, 3.8) is 0 Å². The van der Waals surface area contributed by atoms with Gasteiger partial charge in [-0.25, -0.2) is 0 Å². The average Bonchev–Trinajstić information content (AvgIpc) is 2.38. The van der Waals surface area contributed by atoms with Gasteiger partial charge in [0, 0.05) is 28.5 Å². The van der Waals surface area contributed by atoms with E-state index in [-0.39, 0.29) is 5.54 Å². The van der Waals surface area contributed by atoms with Crippen LogP contribution >= 0.6 is 0 Å². The topological polar surface area (TPSA) is 50.9 Å². The van der Waals surface area contributed by atoms with Crippen LogP contribution in [0, 0.1) is 0 Å². The Morgan fingerprint density at radius 2 is 1.94 bits per heavy atom. The van der Waals surface area contributed by atoms with E-state index in [9.17, 15) is 0 Å². The van der Waals surface area contributed by atoms with Crippen molar-refractivity contribution < 1.29 is 0 Å². The van der Waals surface area contributed by atoms with E-state index in [4.69, 9.17) is 5.73 Å². The molecular formula is C15H21N3. The quantitative estimate of drug-likeness (QED) is 0.803. The molecular weight excluding hydrogens is 222 g/mol. The molecule has 0 bridgehead atoms. The fourth-order valence-electron chi connectivity index (χ4n) is 2.03. The van der Waals surface area contributed by atoms with Crippen molar-refractivity contribution in [2.45, 2.75) is 39.2 Å². The van der Waals surface area contributed by atoms with Crippen LogP contribution in [-0.2, 0) is 0 Å². The van der Waals surface area contributed by atoms with E-state index in [0.29, 0.717) is 0 Å². The maximum Gasteiger partial charge on any atom is 0.0743 e. The van der Waals surface area contributed by atoms with Crippen LogP contribution in [0.3, 0.4) is 0 Å². The Bertz CT molecular complexity index is 544. The molecule has 96 valence electrons. The Kier molecular flexibility index (Phi) is 3.41. The minimum atomic E-state index is 0.121. The Balaban J connectivity index is 2.45. The van der Waals surface area contributed by atoms with Crippen LogP contribution in [0.2, 0.25) is 0 Å². The van der Waals surface area contributed by atoms with Gasteiger partial charge in [-0.05, 0) is 44.0 Å². The van der Waals surface area contributed by atoms with Crippen molar-refractivity contribution in [3.8, 4) is 0 Å². The number of anilines is 2. The molecule has 0 aliphatic heterocycles. The molecule has 0 unspecified atom stereocenters. The molecule has 0 saturated carbocycles. The van der Waals surface area contributed by atoms with Crippen LogP contribution in [0.1, 0.15) is 33.6 Å². The van der Waals surface area contributed by atoms with Crippen molar-refractivity contribution in [2.75, 3.05) is 11.1 Å². The van der Waals surface area contributed by atoms with Crippen molar-refractivity contribution in [1.29, 1.82) is 0 Å². The van der Waals surface area contributed by atoms with Crippen LogP contribution in [0.15, 0.2) is 30.5 Å². The lowest BCUT2D eigenvalue weighted by molar-refractivity contribution is 0.479. The van der Waals surface area contributed by atoms with Gasteiger partial charge in [-0.3, -0.25) is 4.98 Å². The lowest BCUT2D eigenvalue weighted by Gasteiger charge is -2.30. The number of hydrogen-bond donors (Lipinski definition) is 2. The van der Waals surface area contributed by atoms with Gasteiger partial charge in [0.15, 0.2) is 0 Å². The van der Waals surface area contributed by atoms with E-state index in [1.165, 1.54) is 0 Å². The summed E-state index contributed by atoms with van der Waals surface area (Å²) in [6.07, 6.45) is 4.00. The highest BCUT2D eigenvalue weighted by Crippen LogP contribution is 2.28. The molecule has 3 nitrogen and oxygen atoms in total. The predicted molar refractivity (Wildman–Crippen MR) is 78.8 cm³/mol. The molecule has 1 aromatic carbocycles. The highest BCUT2D eigenvalue weighted by molar-refractivity contribution is 5.92. The number of nitrogens with two attached hydrogens (primary N) is 1. The zero-order valence-corrected chi connectivity index (χ0v) is 11.3. The molecule has 0 radical (unpaired) electrons. The van der Waals surface area contributed by atoms with Crippen molar-refractivity contribution in [1.82, 2.24) is 4.98 Å². The van der Waals surface area contributed by atoms with Gasteiger partial charge < -0.3 is 11.1 Å². The van der Waals surface area contributed by atoms with E-state index >= 15 is 0 Å². The number of nitrogens with one attached hydrogen (secondary N) is 1. The molecule has 0 atom stereocenters. The second-order valence-electron chi connectivity index (χ2n) is 5.03. The Hall–Kier alpha value is -1.77. The summed E-state index contributed by atoms with van der Waals surface area (Å²) in [5.74, 6) is 0. The Morgan fingerprint density at radius 1 is 1.22 bits per heavy atom. The minimum Gasteiger partial charge on any atom is -0.399 e. The second-order valence-corrected chi connectivity index (χ2v) is 5.03. The summed E-state index contributed by atoms with van der Waals surface area (Å²) in [6, 6.07) is 7.90. The first-order valence-corrected chi connectivity index (χ1v) is 6.50. The normalized spacial score (nSPS) is 11.7. The Morgan fingerprint density at radius 3 is 2.61 bits per heavy atom. The zero-order valence-electron chi connectivity index (χ0n) is 11.3. The standard InChI is InChI=1S/C15H21N3/c1-4-15(3,5-2)18-13-8-9-17-14-10-11(16)6-7-12(13)14/h6-10H,4-5,16H2,1-3H3,(H,17,18). The fourth-order valence-corrected chi connectivity index (χ4v) is 2.03. The van der Waals surface area contributed by atoms with Crippen LogP contribution in [-0.4, -0.2) is 10.5 Å². The van der Waals surface area contributed by atoms with Crippen LogP contribution in [0.4, 0.5) is 11.4 Å². The first-order chi connectivity index (χ1) is 8.58. The summed E-state index contributed by atoms with van der Waals surface area (Å²) in [5, 5.41) is 4.76. The third-order valence-corrected chi connectivity index (χ3v) is 3.76. The van der Waals surface area contributed by atoms with E-state index in [1.807, 2.05) is 30.5 Å². The monoisotopic (exact) mass is 243 g/mol. The molecule has 0 spiro atoms. The van der Waals surface area contributed by atoms with Crippen molar-refractivity contribution >= 4 is 22.3 Å². The molecule has 18 heavy (non-hydrogen) atoms. The van der Waals surface area contributed by atoms with Crippen LogP contribution in [0.25, 0.3) is 10.9 Å². The highest BCUT2D eigenvalue weighted by Gasteiger charge is 2.19. The lowest BCUT2D eigenvalue weighted by Crippen LogP contribution is -2.33. The molecule has 3 heteroatoms. The second kappa shape index (κ2) is 4.84. The summed E-state index contributed by atoms with van der Waals surface area (Å²) in [6.45, 7) is 6.66. The number of nitrogen functional groups attached to an aromatic ring is 1. The third-order valence-electron chi connectivity index (χ3n) is 3.76. The van der Waals surface area contributed by atoms with Crippen LogP contribution < -0.4 is 11.1 Å².